The fourth-order valence-corrected chi connectivity index (χ4v) is 6.76. The van der Waals surface area contributed by atoms with Gasteiger partial charge in [0.1, 0.15) is 0 Å². The largest absolute Gasteiger partial charge is 0.284 e. The van der Waals surface area contributed by atoms with Gasteiger partial charge in [-0.05, 0) is 85.9 Å². The van der Waals surface area contributed by atoms with Gasteiger partial charge in [0.15, 0.2) is 0 Å². The molecule has 8 nitrogen and oxygen atoms in total. The van der Waals surface area contributed by atoms with Crippen molar-refractivity contribution in [1.29, 1.82) is 0 Å². The minimum absolute atomic E-state index is 0.118. The fraction of sp³-hybridized carbons (Fsp3) is 0.485. The van der Waals surface area contributed by atoms with Crippen LogP contribution in [0.4, 0.5) is 0 Å². The van der Waals surface area contributed by atoms with E-state index in [0.717, 1.165) is 12.8 Å². The molecule has 0 unspecified atom stereocenters. The summed E-state index contributed by atoms with van der Waals surface area (Å²) in [6, 6.07) is 0. The summed E-state index contributed by atoms with van der Waals surface area (Å²) in [5.41, 5.74) is -0.986. The molecular formula is C33H37N2O6S2-. The summed E-state index contributed by atoms with van der Waals surface area (Å²) in [6.07, 6.45) is 21.0. The number of allylic oxidation sites excluding steroid dienone is 1. The molecule has 0 aromatic carbocycles. The number of amides is 2. The van der Waals surface area contributed by atoms with Crippen LogP contribution >= 0.6 is 0 Å². The number of carbonyl (C=O) groups is 2. The first-order valence-corrected chi connectivity index (χ1v) is 16.6. The molecule has 0 spiro atoms. The third-order valence-electron chi connectivity index (χ3n) is 7.42. The summed E-state index contributed by atoms with van der Waals surface area (Å²) >= 11 is 0. The molecule has 0 aromatic rings. The van der Waals surface area contributed by atoms with Gasteiger partial charge >= 0.3 is 0 Å². The quantitative estimate of drug-likeness (QED) is 0.244. The molecule has 0 aliphatic heterocycles. The predicted octanol–water partition coefficient (Wildman–Crippen LogP) is 2.55. The third kappa shape index (κ3) is 11.5. The van der Waals surface area contributed by atoms with Gasteiger partial charge in [-0.1, -0.05) is 33.3 Å². The molecule has 0 heterocycles. The molecule has 0 bridgehead atoms. The van der Waals surface area contributed by atoms with Gasteiger partial charge in [0, 0.05) is 0 Å². The summed E-state index contributed by atoms with van der Waals surface area (Å²) in [6.45, 7) is 12.5. The highest BCUT2D eigenvalue weighted by Crippen LogP contribution is 2.54. The average molecular weight is 622 g/mol. The van der Waals surface area contributed by atoms with E-state index in [1.165, 1.54) is 0 Å². The maximum absolute atomic E-state index is 11.8. The van der Waals surface area contributed by atoms with Gasteiger partial charge in [-0.2, -0.15) is 6.92 Å². The van der Waals surface area contributed by atoms with E-state index in [4.69, 9.17) is 19.3 Å². The van der Waals surface area contributed by atoms with E-state index in [1.807, 2.05) is 13.8 Å². The van der Waals surface area contributed by atoms with Crippen LogP contribution in [0.2, 0.25) is 0 Å². The number of hydrogen-bond acceptors (Lipinski definition) is 6. The van der Waals surface area contributed by atoms with Gasteiger partial charge in [-0.15, -0.1) is 31.8 Å². The molecule has 43 heavy (non-hydrogen) atoms. The van der Waals surface area contributed by atoms with Crippen LogP contribution in [0.25, 0.3) is 0 Å². The van der Waals surface area contributed by atoms with E-state index in [-0.39, 0.29) is 28.2 Å². The zero-order chi connectivity index (χ0) is 32.9. The molecule has 2 N–H and O–H groups in total. The minimum Gasteiger partial charge on any atom is -0.284 e. The van der Waals surface area contributed by atoms with Crippen molar-refractivity contribution < 1.29 is 26.4 Å². The second kappa shape index (κ2) is 15.9. The smallest absolute Gasteiger partial charge is 0.239 e. The van der Waals surface area contributed by atoms with Crippen molar-refractivity contribution >= 4 is 31.9 Å². The summed E-state index contributed by atoms with van der Waals surface area (Å²) in [4.78, 5) is 23.5. The number of terminal acetylenes is 3. The Morgan fingerprint density at radius 3 is 1.53 bits per heavy atom. The van der Waals surface area contributed by atoms with Gasteiger partial charge < -0.3 is 0 Å². The molecule has 0 saturated heterocycles. The number of rotatable bonds is 8. The van der Waals surface area contributed by atoms with Crippen LogP contribution in [0.5, 0.6) is 0 Å². The Kier molecular flexibility index (Phi) is 13.6. The lowest BCUT2D eigenvalue weighted by Gasteiger charge is -2.11. The van der Waals surface area contributed by atoms with E-state index in [1.54, 1.807) is 13.0 Å². The van der Waals surface area contributed by atoms with Crippen molar-refractivity contribution in [3.05, 3.63) is 19.6 Å². The van der Waals surface area contributed by atoms with Crippen LogP contribution in [-0.4, -0.2) is 39.1 Å². The zero-order valence-corrected chi connectivity index (χ0v) is 26.4. The minimum atomic E-state index is -3.39. The Balaban J connectivity index is 0.000000311. The molecule has 4 fully saturated rings. The lowest BCUT2D eigenvalue weighted by atomic mass is 10.1. The first-order valence-electron chi connectivity index (χ1n) is 13.5. The monoisotopic (exact) mass is 621 g/mol. The Morgan fingerprint density at radius 2 is 1.23 bits per heavy atom. The van der Waals surface area contributed by atoms with Gasteiger partial charge in [-0.25, -0.2) is 22.8 Å². The Morgan fingerprint density at radius 1 is 0.814 bits per heavy atom. The predicted molar refractivity (Wildman–Crippen MR) is 168 cm³/mol. The lowest BCUT2D eigenvalue weighted by Crippen LogP contribution is -2.38. The molecule has 2 amide bonds. The average Bonchev–Trinajstić information content (AvgIpc) is 3.78. The molecule has 4 saturated carbocycles. The number of carbonyl (C=O) groups excluding carboxylic acids is 2. The summed E-state index contributed by atoms with van der Waals surface area (Å²) in [5.74, 6) is 19.9. The molecule has 228 valence electrons. The third-order valence-corrected chi connectivity index (χ3v) is 11.1. The normalized spacial score (nSPS) is 25.2. The van der Waals surface area contributed by atoms with Crippen LogP contribution in [0.1, 0.15) is 65.7 Å². The fourth-order valence-electron chi connectivity index (χ4n) is 3.93. The standard InChI is InChI=1S/C10H17NO3S.C10H15NO3S.C7H3.C6H2/c2*1-3-7-6-10(7,2)9(12)11-15(13,14)8-4-5-8;1-3-5-7-6-4-2;1-3-5-6-4-2/h7-8H,3-6H2,1-2H3,(H,11,12);3,7-8H,1,4-6H2,2H3,(H,11,12);1H,2H2;1-2H/q;;-1;/t2*7-,10+;;/m11../s1. The SMILES string of the molecule is C#CC#CC#C.C#CC#CC#C[CH2-].C=C[C@@H]1C[C@]1(C)C(=O)NS(=O)(=O)C1CC1.CC[C@@H]1C[C@]1(C)C(=O)NS(=O)(=O)C1CC1. The molecule has 4 aliphatic rings. The van der Waals surface area contributed by atoms with Crippen molar-refractivity contribution in [3.63, 3.8) is 0 Å². The van der Waals surface area contributed by atoms with Crippen LogP contribution in [0, 0.1) is 102 Å². The Hall–Kier alpha value is -4.19. The highest BCUT2D eigenvalue weighted by molar-refractivity contribution is 7.91. The molecule has 4 aliphatic carbocycles. The van der Waals surface area contributed by atoms with E-state index >= 15 is 0 Å². The van der Waals surface area contributed by atoms with Gasteiger partial charge in [-0.3, -0.25) is 25.0 Å². The second-order valence-corrected chi connectivity index (χ2v) is 14.7. The van der Waals surface area contributed by atoms with E-state index in [9.17, 15) is 26.4 Å². The summed E-state index contributed by atoms with van der Waals surface area (Å²) in [5, 5.41) is -0.658. The highest BCUT2D eigenvalue weighted by Gasteiger charge is 2.56. The zero-order valence-electron chi connectivity index (χ0n) is 24.7. The number of hydrogen-bond donors (Lipinski definition) is 2. The Bertz CT molecular complexity index is 1600. The van der Waals surface area contributed by atoms with Crippen LogP contribution in [0.15, 0.2) is 12.7 Å². The summed E-state index contributed by atoms with van der Waals surface area (Å²) < 4.78 is 50.5. The topological polar surface area (TPSA) is 126 Å². The maximum Gasteiger partial charge on any atom is 0.239 e. The maximum atomic E-state index is 11.8. The van der Waals surface area contributed by atoms with Gasteiger partial charge in [0.2, 0.25) is 31.9 Å². The first-order chi connectivity index (χ1) is 20.1. The van der Waals surface area contributed by atoms with Crippen molar-refractivity contribution in [2.24, 2.45) is 22.7 Å². The van der Waals surface area contributed by atoms with E-state index in [0.29, 0.717) is 38.0 Å². The summed E-state index contributed by atoms with van der Waals surface area (Å²) in [7, 11) is -6.76. The van der Waals surface area contributed by atoms with Gasteiger partial charge in [0.25, 0.3) is 0 Å². The molecule has 10 heteroatoms. The molecule has 0 radical (unpaired) electrons. The Labute approximate surface area is 258 Å². The first kappa shape index (κ1) is 36.8. The van der Waals surface area contributed by atoms with Crippen molar-refractivity contribution in [2.75, 3.05) is 0 Å². The van der Waals surface area contributed by atoms with Gasteiger partial charge in [0.05, 0.1) is 21.3 Å². The van der Waals surface area contributed by atoms with Crippen LogP contribution in [-0.2, 0) is 29.6 Å². The molecule has 4 atom stereocenters. The molecule has 4 rings (SSSR count). The van der Waals surface area contributed by atoms with Crippen molar-refractivity contribution in [1.82, 2.24) is 9.44 Å². The van der Waals surface area contributed by atoms with E-state index < -0.39 is 30.9 Å². The van der Waals surface area contributed by atoms with Crippen LogP contribution in [0.3, 0.4) is 0 Å². The molecule has 0 aromatic heterocycles. The van der Waals surface area contributed by atoms with E-state index in [2.05, 4.69) is 76.2 Å². The lowest BCUT2D eigenvalue weighted by molar-refractivity contribution is -0.125. The number of sulfonamides is 2. The molecular weight excluding hydrogens is 585 g/mol. The van der Waals surface area contributed by atoms with Crippen molar-refractivity contribution in [3.8, 4) is 72.6 Å². The second-order valence-electron chi connectivity index (χ2n) is 10.8. The van der Waals surface area contributed by atoms with Crippen LogP contribution < -0.4 is 9.44 Å². The highest BCUT2D eigenvalue weighted by atomic mass is 32.2. The number of nitrogens with one attached hydrogen (secondary N) is 2. The van der Waals surface area contributed by atoms with Crippen molar-refractivity contribution in [2.45, 2.75) is 76.2 Å².